The largest absolute Gasteiger partial charge is 0.306 e. The van der Waals surface area contributed by atoms with Crippen molar-refractivity contribution in [3.8, 4) is 0 Å². The van der Waals surface area contributed by atoms with Crippen molar-refractivity contribution in [1.29, 1.82) is 0 Å². The number of hydrogen-bond donors (Lipinski definition) is 0. The van der Waals surface area contributed by atoms with Gasteiger partial charge in [-0.3, -0.25) is 4.90 Å². The molecule has 0 amide bonds. The SMILES string of the molecule is CN1CC[N+]2(Cc3ccccc3)CC2C1. The smallest absolute Gasteiger partial charge is 0.152 e. The van der Waals surface area contributed by atoms with Crippen molar-refractivity contribution in [2.24, 2.45) is 0 Å². The van der Waals surface area contributed by atoms with Gasteiger partial charge in [-0.1, -0.05) is 30.3 Å². The third-order valence-electron chi connectivity index (χ3n) is 4.01. The first-order valence-electron chi connectivity index (χ1n) is 5.87. The Labute approximate surface area is 91.7 Å². The average Bonchev–Trinajstić information content (AvgIpc) is 2.93. The number of piperazine rings is 1. The highest BCUT2D eigenvalue weighted by atomic mass is 15.5. The molecule has 80 valence electrons. The van der Waals surface area contributed by atoms with E-state index in [2.05, 4.69) is 42.3 Å². The zero-order chi connectivity index (χ0) is 10.3. The molecule has 0 aromatic heterocycles. The summed E-state index contributed by atoms with van der Waals surface area (Å²) in [5.74, 6) is 0. The van der Waals surface area contributed by atoms with Crippen molar-refractivity contribution >= 4 is 0 Å². The molecule has 0 bridgehead atoms. The molecule has 2 aliphatic rings. The van der Waals surface area contributed by atoms with Crippen LogP contribution in [-0.4, -0.2) is 48.7 Å². The minimum Gasteiger partial charge on any atom is -0.306 e. The predicted molar refractivity (Wildman–Crippen MR) is 61.4 cm³/mol. The van der Waals surface area contributed by atoms with E-state index < -0.39 is 0 Å². The van der Waals surface area contributed by atoms with Gasteiger partial charge in [0, 0.05) is 12.1 Å². The van der Waals surface area contributed by atoms with Gasteiger partial charge in [0.05, 0.1) is 13.1 Å². The molecular formula is C13H19N2+. The molecule has 0 spiro atoms. The van der Waals surface area contributed by atoms with Crippen LogP contribution in [-0.2, 0) is 6.54 Å². The van der Waals surface area contributed by atoms with Crippen LogP contribution in [0.25, 0.3) is 0 Å². The summed E-state index contributed by atoms with van der Waals surface area (Å²) < 4.78 is 1.36. The second-order valence-electron chi connectivity index (χ2n) is 5.18. The van der Waals surface area contributed by atoms with Gasteiger partial charge in [-0.2, -0.15) is 0 Å². The van der Waals surface area contributed by atoms with Crippen molar-refractivity contribution in [3.63, 3.8) is 0 Å². The van der Waals surface area contributed by atoms with Gasteiger partial charge >= 0.3 is 0 Å². The maximum absolute atomic E-state index is 2.47. The molecule has 2 nitrogen and oxygen atoms in total. The standard InChI is InChI=1S/C13H19N2/c1-14-7-8-15(11-13(15)9-14)10-12-5-3-2-4-6-12/h2-6,13H,7-11H2,1H3/q+1. The van der Waals surface area contributed by atoms with Crippen LogP contribution in [0, 0.1) is 0 Å². The van der Waals surface area contributed by atoms with Gasteiger partial charge in [0.1, 0.15) is 13.1 Å². The molecule has 0 aliphatic carbocycles. The third kappa shape index (κ3) is 1.68. The van der Waals surface area contributed by atoms with E-state index in [0.717, 1.165) is 6.04 Å². The number of benzene rings is 1. The Morgan fingerprint density at radius 3 is 2.87 bits per heavy atom. The highest BCUT2D eigenvalue weighted by molar-refractivity contribution is 5.14. The van der Waals surface area contributed by atoms with E-state index in [1.807, 2.05) is 0 Å². The highest BCUT2D eigenvalue weighted by Gasteiger charge is 2.56. The molecule has 2 heterocycles. The summed E-state index contributed by atoms with van der Waals surface area (Å²) in [6.07, 6.45) is 0. The summed E-state index contributed by atoms with van der Waals surface area (Å²) in [4.78, 5) is 2.47. The maximum atomic E-state index is 2.47. The van der Waals surface area contributed by atoms with Crippen molar-refractivity contribution in [2.45, 2.75) is 12.6 Å². The zero-order valence-electron chi connectivity index (χ0n) is 9.39. The average molecular weight is 203 g/mol. The first-order valence-corrected chi connectivity index (χ1v) is 5.87. The number of rotatable bonds is 2. The maximum Gasteiger partial charge on any atom is 0.152 e. The Kier molecular flexibility index (Phi) is 2.08. The number of quaternary nitrogens is 1. The molecule has 2 saturated heterocycles. The Morgan fingerprint density at radius 2 is 2.13 bits per heavy atom. The van der Waals surface area contributed by atoms with E-state index >= 15 is 0 Å². The quantitative estimate of drug-likeness (QED) is 0.518. The van der Waals surface area contributed by atoms with Crippen molar-refractivity contribution < 1.29 is 4.48 Å². The van der Waals surface area contributed by atoms with Crippen molar-refractivity contribution in [2.75, 3.05) is 33.2 Å². The van der Waals surface area contributed by atoms with Gasteiger partial charge in [-0.05, 0) is 7.05 Å². The first-order chi connectivity index (χ1) is 7.28. The Morgan fingerprint density at radius 1 is 1.33 bits per heavy atom. The van der Waals surface area contributed by atoms with Crippen LogP contribution < -0.4 is 0 Å². The fraction of sp³-hybridized carbons (Fsp3) is 0.538. The summed E-state index contributed by atoms with van der Waals surface area (Å²) in [6, 6.07) is 11.9. The van der Waals surface area contributed by atoms with Crippen molar-refractivity contribution in [3.05, 3.63) is 35.9 Å². The summed E-state index contributed by atoms with van der Waals surface area (Å²) in [5.41, 5.74) is 1.50. The summed E-state index contributed by atoms with van der Waals surface area (Å²) in [7, 11) is 2.24. The van der Waals surface area contributed by atoms with Crippen LogP contribution in [0.2, 0.25) is 0 Å². The van der Waals surface area contributed by atoms with E-state index in [1.54, 1.807) is 0 Å². The lowest BCUT2D eigenvalue weighted by molar-refractivity contribution is -0.832. The van der Waals surface area contributed by atoms with Gasteiger partial charge in [0.2, 0.25) is 0 Å². The van der Waals surface area contributed by atoms with Crippen molar-refractivity contribution in [1.82, 2.24) is 4.90 Å². The molecule has 0 saturated carbocycles. The molecule has 1 aromatic rings. The van der Waals surface area contributed by atoms with Gasteiger partial charge in [0.15, 0.2) is 6.04 Å². The molecule has 1 aromatic carbocycles. The lowest BCUT2D eigenvalue weighted by Crippen LogP contribution is -2.45. The third-order valence-corrected chi connectivity index (χ3v) is 4.01. The summed E-state index contributed by atoms with van der Waals surface area (Å²) in [5, 5.41) is 0. The molecule has 2 aliphatic heterocycles. The lowest BCUT2D eigenvalue weighted by Gasteiger charge is -2.29. The zero-order valence-corrected chi connectivity index (χ0v) is 9.39. The van der Waals surface area contributed by atoms with Crippen LogP contribution in [0.1, 0.15) is 5.56 Å². The topological polar surface area (TPSA) is 3.24 Å². The van der Waals surface area contributed by atoms with Crippen LogP contribution >= 0.6 is 0 Å². The predicted octanol–water partition coefficient (Wildman–Crippen LogP) is 1.33. The number of likely N-dealkylation sites (N-methyl/N-ethyl adjacent to an activating group) is 1. The molecule has 2 heteroatoms. The Hall–Kier alpha value is -0.860. The van der Waals surface area contributed by atoms with E-state index in [4.69, 9.17) is 0 Å². The highest BCUT2D eigenvalue weighted by Crippen LogP contribution is 2.36. The van der Waals surface area contributed by atoms with E-state index in [1.165, 1.54) is 42.8 Å². The second-order valence-corrected chi connectivity index (χ2v) is 5.18. The second kappa shape index (κ2) is 3.32. The Bertz CT molecular complexity index is 349. The van der Waals surface area contributed by atoms with Crippen LogP contribution in [0.3, 0.4) is 0 Å². The van der Waals surface area contributed by atoms with Gasteiger partial charge in [-0.15, -0.1) is 0 Å². The minimum absolute atomic E-state index is 0.920. The fourth-order valence-electron chi connectivity index (χ4n) is 2.92. The molecule has 2 unspecified atom stereocenters. The number of nitrogens with zero attached hydrogens (tertiary/aromatic N) is 2. The minimum atomic E-state index is 0.920. The lowest BCUT2D eigenvalue weighted by atomic mass is 10.2. The van der Waals surface area contributed by atoms with E-state index in [9.17, 15) is 0 Å². The van der Waals surface area contributed by atoms with Gasteiger partial charge < -0.3 is 4.48 Å². The molecule has 0 radical (unpaired) electrons. The van der Waals surface area contributed by atoms with Gasteiger partial charge in [-0.25, -0.2) is 0 Å². The Balaban J connectivity index is 1.70. The van der Waals surface area contributed by atoms with Crippen LogP contribution in [0.4, 0.5) is 0 Å². The van der Waals surface area contributed by atoms with E-state index in [0.29, 0.717) is 0 Å². The number of hydrogen-bond acceptors (Lipinski definition) is 1. The fourth-order valence-corrected chi connectivity index (χ4v) is 2.92. The number of fused-ring (bicyclic) bond motifs is 1. The summed E-state index contributed by atoms with van der Waals surface area (Å²) >= 11 is 0. The van der Waals surface area contributed by atoms with Gasteiger partial charge in [0.25, 0.3) is 0 Å². The summed E-state index contributed by atoms with van der Waals surface area (Å²) in [6.45, 7) is 6.56. The molecule has 2 fully saturated rings. The monoisotopic (exact) mass is 203 g/mol. The molecular weight excluding hydrogens is 184 g/mol. The molecule has 15 heavy (non-hydrogen) atoms. The van der Waals surface area contributed by atoms with Crippen LogP contribution in [0.5, 0.6) is 0 Å². The normalized spacial score (nSPS) is 34.9. The van der Waals surface area contributed by atoms with E-state index in [-0.39, 0.29) is 0 Å². The molecule has 2 atom stereocenters. The molecule has 3 rings (SSSR count). The van der Waals surface area contributed by atoms with Crippen LogP contribution in [0.15, 0.2) is 30.3 Å². The first kappa shape index (κ1) is 9.37. The molecule has 0 N–H and O–H groups in total.